The summed E-state index contributed by atoms with van der Waals surface area (Å²) in [6, 6.07) is 7.30. The van der Waals surface area contributed by atoms with E-state index in [9.17, 15) is 35.5 Å². The van der Waals surface area contributed by atoms with Crippen LogP contribution in [0.1, 0.15) is 64.5 Å². The van der Waals surface area contributed by atoms with Gasteiger partial charge in [0.2, 0.25) is 0 Å². The molecule has 1 aromatic rings. The minimum Gasteiger partial charge on any atom is -0.294 e. The lowest BCUT2D eigenvalue weighted by molar-refractivity contribution is -0.125. The fraction of sp³-hybridized carbons (Fsp3) is 0.571. The Balaban J connectivity index is 1.58. The van der Waals surface area contributed by atoms with Crippen LogP contribution < -0.4 is 0 Å². The molecule has 0 amide bonds. The van der Waals surface area contributed by atoms with Gasteiger partial charge in [0.1, 0.15) is 0 Å². The predicted molar refractivity (Wildman–Crippen MR) is 143 cm³/mol. The van der Waals surface area contributed by atoms with Crippen molar-refractivity contribution in [2.45, 2.75) is 53.4 Å². The highest BCUT2D eigenvalue weighted by atomic mass is 32.2. The Morgan fingerprint density at radius 2 is 1.08 bits per heavy atom. The average Bonchev–Trinajstić information content (AvgIpc) is 3.27. The van der Waals surface area contributed by atoms with Crippen LogP contribution in [0.25, 0.3) is 12.2 Å². The van der Waals surface area contributed by atoms with Gasteiger partial charge in [-0.25, -0.2) is 0 Å². The van der Waals surface area contributed by atoms with Crippen LogP contribution in [0.3, 0.4) is 0 Å². The van der Waals surface area contributed by atoms with E-state index in [0.29, 0.717) is 48.0 Å². The quantitative estimate of drug-likeness (QED) is 0.387. The van der Waals surface area contributed by atoms with Crippen molar-refractivity contribution >= 4 is 44.0 Å². The van der Waals surface area contributed by atoms with Crippen LogP contribution in [0.5, 0.6) is 0 Å². The Morgan fingerprint density at radius 1 is 0.737 bits per heavy atom. The molecule has 1 aromatic carbocycles. The number of hydrogen-bond donors (Lipinski definition) is 2. The second-order valence-electron chi connectivity index (χ2n) is 12.7. The van der Waals surface area contributed by atoms with Crippen molar-refractivity contribution in [3.05, 3.63) is 46.5 Å². The topological polar surface area (TPSA) is 143 Å². The fourth-order valence-electron chi connectivity index (χ4n) is 8.30. The third-order valence-electron chi connectivity index (χ3n) is 10.5. The summed E-state index contributed by atoms with van der Waals surface area (Å²) >= 11 is 0. The van der Waals surface area contributed by atoms with Crippen molar-refractivity contribution in [3.63, 3.8) is 0 Å². The van der Waals surface area contributed by atoms with E-state index in [-0.39, 0.29) is 23.4 Å². The number of fused-ring (bicyclic) bond motifs is 4. The van der Waals surface area contributed by atoms with Gasteiger partial charge in [-0.2, -0.15) is 16.8 Å². The number of hydrogen-bond acceptors (Lipinski definition) is 6. The Kier molecular flexibility index (Phi) is 5.91. The maximum atomic E-state index is 13.7. The number of carbonyl (C=O) groups is 2. The molecule has 0 spiro atoms. The first-order valence-electron chi connectivity index (χ1n) is 12.9. The molecule has 38 heavy (non-hydrogen) atoms. The van der Waals surface area contributed by atoms with Crippen molar-refractivity contribution in [2.75, 3.05) is 11.5 Å². The van der Waals surface area contributed by atoms with Gasteiger partial charge in [0.25, 0.3) is 20.2 Å². The van der Waals surface area contributed by atoms with Gasteiger partial charge >= 0.3 is 0 Å². The van der Waals surface area contributed by atoms with Crippen LogP contribution in [0, 0.1) is 33.5 Å². The molecule has 0 radical (unpaired) electrons. The summed E-state index contributed by atoms with van der Waals surface area (Å²) in [6.07, 6.45) is 5.62. The maximum absolute atomic E-state index is 13.7. The van der Waals surface area contributed by atoms with Crippen molar-refractivity contribution in [1.29, 1.82) is 0 Å². The maximum Gasteiger partial charge on any atom is 0.265 e. The van der Waals surface area contributed by atoms with E-state index >= 15 is 0 Å². The molecule has 4 atom stereocenters. The summed E-state index contributed by atoms with van der Waals surface area (Å²) in [4.78, 5) is 27.3. The predicted octanol–water partition coefficient (Wildman–Crippen LogP) is 4.24. The van der Waals surface area contributed by atoms with E-state index < -0.39 is 53.4 Å². The van der Waals surface area contributed by atoms with Crippen molar-refractivity contribution in [3.8, 4) is 0 Å². The van der Waals surface area contributed by atoms with Gasteiger partial charge in [0.05, 0.1) is 22.3 Å². The Morgan fingerprint density at radius 3 is 1.39 bits per heavy atom. The van der Waals surface area contributed by atoms with Crippen LogP contribution in [0.2, 0.25) is 0 Å². The van der Waals surface area contributed by atoms with Crippen LogP contribution in [0.4, 0.5) is 0 Å². The van der Waals surface area contributed by atoms with E-state index in [2.05, 4.69) is 0 Å². The van der Waals surface area contributed by atoms with Gasteiger partial charge < -0.3 is 0 Å². The number of carbonyl (C=O) groups excluding carboxylic acids is 2. The zero-order valence-electron chi connectivity index (χ0n) is 22.0. The van der Waals surface area contributed by atoms with E-state index in [1.165, 1.54) is 0 Å². The molecule has 4 saturated carbocycles. The molecule has 0 aliphatic heterocycles. The normalized spacial score (nSPS) is 35.6. The molecule has 5 rings (SSSR count). The standard InChI is InChI=1S/C28H34O8S2/c1-25(2)21-9-11-27(25,15-37(31,32)33)23(29)19(21)13-17-7-5-6-8-18(17)14-20-22-10-12-28(24(20)30,26(22,3)4)16-38(34,35)36/h5-8,13-14,21-22H,9-12,15-16H2,1-4H3,(H,31,32,33)(H,34,35,36). The number of allylic oxidation sites excluding steroid dienone is 2. The van der Waals surface area contributed by atoms with Gasteiger partial charge in [0.15, 0.2) is 11.6 Å². The molecule has 2 N–H and O–H groups in total. The van der Waals surface area contributed by atoms with Gasteiger partial charge in [-0.1, -0.05) is 52.0 Å². The largest absolute Gasteiger partial charge is 0.294 e. The number of benzene rings is 1. The van der Waals surface area contributed by atoms with Crippen LogP contribution in [-0.4, -0.2) is 49.0 Å². The highest BCUT2D eigenvalue weighted by molar-refractivity contribution is 7.86. The summed E-state index contributed by atoms with van der Waals surface area (Å²) < 4.78 is 66.7. The molecule has 10 heteroatoms. The van der Waals surface area contributed by atoms with Gasteiger partial charge in [0, 0.05) is 11.1 Å². The Labute approximate surface area is 224 Å². The molecular weight excluding hydrogens is 528 g/mol. The second-order valence-corrected chi connectivity index (χ2v) is 15.6. The molecule has 0 saturated heterocycles. The molecule has 4 aliphatic carbocycles. The van der Waals surface area contributed by atoms with Gasteiger partial charge in [-0.3, -0.25) is 18.7 Å². The minimum atomic E-state index is -4.37. The van der Waals surface area contributed by atoms with Gasteiger partial charge in [-0.15, -0.1) is 0 Å². The number of Topliss-reactive ketones (excluding diaryl/α,β-unsaturated/α-hetero) is 2. The lowest BCUT2D eigenvalue weighted by Gasteiger charge is -2.34. The number of rotatable bonds is 6. The zero-order chi connectivity index (χ0) is 28.1. The third-order valence-corrected chi connectivity index (χ3v) is 12.3. The molecule has 0 aromatic heterocycles. The van der Waals surface area contributed by atoms with Crippen LogP contribution >= 0.6 is 0 Å². The van der Waals surface area contributed by atoms with E-state index in [0.717, 1.165) is 0 Å². The first-order chi connectivity index (χ1) is 17.4. The smallest absolute Gasteiger partial charge is 0.265 e. The molecule has 4 aliphatic rings. The van der Waals surface area contributed by atoms with Crippen molar-refractivity contribution < 1.29 is 35.5 Å². The highest BCUT2D eigenvalue weighted by Crippen LogP contribution is 2.67. The van der Waals surface area contributed by atoms with Crippen molar-refractivity contribution in [2.24, 2.45) is 33.5 Å². The molecular formula is C28H34O8S2. The summed E-state index contributed by atoms with van der Waals surface area (Å²) in [6.45, 7) is 7.53. The van der Waals surface area contributed by atoms with E-state index in [4.69, 9.17) is 0 Å². The Hall–Kier alpha value is -2.14. The molecule has 0 heterocycles. The highest BCUT2D eigenvalue weighted by Gasteiger charge is 2.68. The molecule has 4 bridgehead atoms. The van der Waals surface area contributed by atoms with Crippen LogP contribution in [0.15, 0.2) is 35.4 Å². The third kappa shape index (κ3) is 3.74. The van der Waals surface area contributed by atoms with Gasteiger partial charge in [-0.05, 0) is 71.6 Å². The fourth-order valence-corrected chi connectivity index (χ4v) is 10.8. The summed E-state index contributed by atoms with van der Waals surface area (Å²) in [5.41, 5.74) is -1.21. The van der Waals surface area contributed by atoms with Crippen LogP contribution in [-0.2, 0) is 29.8 Å². The van der Waals surface area contributed by atoms with E-state index in [1.807, 2.05) is 52.0 Å². The second kappa shape index (κ2) is 8.19. The monoisotopic (exact) mass is 562 g/mol. The summed E-state index contributed by atoms with van der Waals surface area (Å²) in [7, 11) is -8.74. The van der Waals surface area contributed by atoms with E-state index in [1.54, 1.807) is 12.2 Å². The molecule has 206 valence electrons. The zero-order valence-corrected chi connectivity index (χ0v) is 23.7. The summed E-state index contributed by atoms with van der Waals surface area (Å²) in [5, 5.41) is 0. The lowest BCUT2D eigenvalue weighted by Crippen LogP contribution is -2.42. The first-order valence-corrected chi connectivity index (χ1v) is 16.1. The minimum absolute atomic E-state index is 0.168. The molecule has 4 unspecified atom stereocenters. The Bertz CT molecular complexity index is 1410. The number of ketones is 2. The average molecular weight is 563 g/mol. The SMILES string of the molecule is CC1(C)C2CCC1(CS(=O)(=O)O)C(=O)C2=Cc1ccccc1C=C1C(=O)C2(CS(=O)(=O)O)CCC1C2(C)C. The first kappa shape index (κ1) is 27.4. The van der Waals surface area contributed by atoms with Crippen molar-refractivity contribution in [1.82, 2.24) is 0 Å². The molecule has 8 nitrogen and oxygen atoms in total. The lowest BCUT2D eigenvalue weighted by atomic mass is 9.70. The summed E-state index contributed by atoms with van der Waals surface area (Å²) in [5.74, 6) is -2.07. The molecule has 4 fully saturated rings.